The molecule has 0 radical (unpaired) electrons. The number of hydrogen-bond acceptors (Lipinski definition) is 3. The fraction of sp³-hybridized carbons (Fsp3) is 0.435. The van der Waals surface area contributed by atoms with Crippen LogP contribution in [0.15, 0.2) is 48.5 Å². The van der Waals surface area contributed by atoms with E-state index in [2.05, 4.69) is 24.0 Å². The first kappa shape index (κ1) is 18.8. The Labute approximate surface area is 165 Å². The van der Waals surface area contributed by atoms with Gasteiger partial charge in [-0.25, -0.2) is 4.39 Å². The summed E-state index contributed by atoms with van der Waals surface area (Å²) in [4.78, 5) is 17.1. The minimum absolute atomic E-state index is 0.0648. The zero-order valence-electron chi connectivity index (χ0n) is 16.3. The Bertz CT molecular complexity index is 819. The molecule has 0 aliphatic carbocycles. The number of amides is 1. The van der Waals surface area contributed by atoms with Crippen molar-refractivity contribution in [2.45, 2.75) is 38.8 Å². The smallest absolute Gasteiger partial charge is 0.224 e. The Balaban J connectivity index is 1.54. The van der Waals surface area contributed by atoms with E-state index < -0.39 is 0 Å². The molecule has 1 amide bonds. The second-order valence-corrected chi connectivity index (χ2v) is 7.96. The largest absolute Gasteiger partial charge is 0.489 e. The van der Waals surface area contributed by atoms with Gasteiger partial charge in [0.2, 0.25) is 5.91 Å². The molecular weight excluding hydrogens is 355 g/mol. The van der Waals surface area contributed by atoms with E-state index in [4.69, 9.17) is 4.74 Å². The molecule has 1 atom stereocenters. The summed E-state index contributed by atoms with van der Waals surface area (Å²) in [5.41, 5.74) is 2.01. The van der Waals surface area contributed by atoms with Gasteiger partial charge in [0, 0.05) is 25.7 Å². The van der Waals surface area contributed by atoms with E-state index in [1.807, 2.05) is 23.1 Å². The van der Waals surface area contributed by atoms with Gasteiger partial charge in [-0.15, -0.1) is 0 Å². The number of likely N-dealkylation sites (tertiary alicyclic amines) is 1. The van der Waals surface area contributed by atoms with Gasteiger partial charge in [0.25, 0.3) is 0 Å². The summed E-state index contributed by atoms with van der Waals surface area (Å²) in [7, 11) is 0. The minimum Gasteiger partial charge on any atom is -0.489 e. The Morgan fingerprint density at radius 1 is 1.14 bits per heavy atom. The van der Waals surface area contributed by atoms with Crippen LogP contribution < -0.4 is 9.64 Å². The van der Waals surface area contributed by atoms with Crippen molar-refractivity contribution in [3.05, 3.63) is 59.9 Å². The summed E-state index contributed by atoms with van der Waals surface area (Å²) in [6, 6.07) is 14.7. The quantitative estimate of drug-likeness (QED) is 0.793. The molecule has 1 fully saturated rings. The normalized spacial score (nSPS) is 19.9. The number of piperidine rings is 1. The van der Waals surface area contributed by atoms with Crippen LogP contribution in [0.5, 0.6) is 5.75 Å². The molecule has 2 aromatic rings. The van der Waals surface area contributed by atoms with E-state index >= 15 is 0 Å². The molecule has 0 spiro atoms. The van der Waals surface area contributed by atoms with Crippen LogP contribution in [0.25, 0.3) is 0 Å². The highest BCUT2D eigenvalue weighted by Gasteiger charge is 2.32. The fourth-order valence-electron chi connectivity index (χ4n) is 4.07. The number of anilines is 1. The third-order valence-corrected chi connectivity index (χ3v) is 5.85. The maximum atomic E-state index is 13.7. The topological polar surface area (TPSA) is 32.8 Å². The molecule has 4 nitrogen and oxygen atoms in total. The molecule has 2 aliphatic heterocycles. The van der Waals surface area contributed by atoms with Crippen molar-refractivity contribution in [1.29, 1.82) is 0 Å². The number of hydrogen-bond donors (Lipinski definition) is 0. The van der Waals surface area contributed by atoms with E-state index in [-0.39, 0.29) is 17.8 Å². The Morgan fingerprint density at radius 2 is 1.89 bits per heavy atom. The highest BCUT2D eigenvalue weighted by molar-refractivity contribution is 5.78. The molecule has 2 aliphatic rings. The molecule has 5 heteroatoms. The van der Waals surface area contributed by atoms with Crippen LogP contribution in [0.1, 0.15) is 31.7 Å². The molecule has 2 aromatic carbocycles. The molecule has 0 N–H and O–H groups in total. The van der Waals surface area contributed by atoms with Gasteiger partial charge in [0.05, 0.1) is 18.2 Å². The van der Waals surface area contributed by atoms with E-state index in [0.29, 0.717) is 31.2 Å². The minimum atomic E-state index is -0.310. The second-order valence-electron chi connectivity index (χ2n) is 7.96. The molecule has 0 aromatic heterocycles. The Hall–Kier alpha value is -2.56. The average molecular weight is 382 g/mol. The summed E-state index contributed by atoms with van der Waals surface area (Å²) in [5.74, 6) is 1.12. The highest BCUT2D eigenvalue weighted by atomic mass is 19.1. The summed E-state index contributed by atoms with van der Waals surface area (Å²) >= 11 is 0. The Morgan fingerprint density at radius 3 is 2.64 bits per heavy atom. The number of carbonyl (C=O) groups is 1. The van der Waals surface area contributed by atoms with Gasteiger partial charge in [-0.1, -0.05) is 37.3 Å². The van der Waals surface area contributed by atoms with Crippen LogP contribution in [0.4, 0.5) is 10.1 Å². The number of fused-ring (bicyclic) bond motifs is 1. The van der Waals surface area contributed by atoms with Gasteiger partial charge in [-0.2, -0.15) is 0 Å². The predicted octanol–water partition coefficient (Wildman–Crippen LogP) is 4.24. The molecule has 0 saturated carbocycles. The third kappa shape index (κ3) is 4.13. The number of rotatable bonds is 4. The predicted molar refractivity (Wildman–Crippen MR) is 108 cm³/mol. The SMILES string of the molecule is CC1CCN(C(=O)CC2COc3cc(F)ccc3N2Cc2ccccc2)CC1. The second kappa shape index (κ2) is 8.21. The van der Waals surface area contributed by atoms with Crippen molar-refractivity contribution >= 4 is 11.6 Å². The van der Waals surface area contributed by atoms with Gasteiger partial charge in [0.15, 0.2) is 0 Å². The van der Waals surface area contributed by atoms with Gasteiger partial charge in [-0.05, 0) is 36.5 Å². The van der Waals surface area contributed by atoms with Crippen molar-refractivity contribution in [3.63, 3.8) is 0 Å². The van der Waals surface area contributed by atoms with E-state index in [0.717, 1.165) is 37.2 Å². The molecular formula is C23H27FN2O2. The lowest BCUT2D eigenvalue weighted by molar-refractivity contribution is -0.133. The molecule has 0 bridgehead atoms. The van der Waals surface area contributed by atoms with Crippen molar-refractivity contribution in [1.82, 2.24) is 4.90 Å². The van der Waals surface area contributed by atoms with Gasteiger partial charge < -0.3 is 14.5 Å². The molecule has 1 unspecified atom stereocenters. The van der Waals surface area contributed by atoms with Crippen LogP contribution in [-0.4, -0.2) is 36.5 Å². The van der Waals surface area contributed by atoms with E-state index in [1.165, 1.54) is 12.1 Å². The van der Waals surface area contributed by atoms with Crippen molar-refractivity contribution in [2.75, 3.05) is 24.6 Å². The van der Waals surface area contributed by atoms with Crippen molar-refractivity contribution in [3.8, 4) is 5.75 Å². The first-order chi connectivity index (χ1) is 13.6. The van der Waals surface area contributed by atoms with E-state index in [9.17, 15) is 9.18 Å². The fourth-order valence-corrected chi connectivity index (χ4v) is 4.07. The van der Waals surface area contributed by atoms with Gasteiger partial charge in [-0.3, -0.25) is 4.79 Å². The van der Waals surface area contributed by atoms with E-state index in [1.54, 1.807) is 6.07 Å². The summed E-state index contributed by atoms with van der Waals surface area (Å²) in [6.45, 7) is 4.98. The summed E-state index contributed by atoms with van der Waals surface area (Å²) in [5, 5.41) is 0. The maximum absolute atomic E-state index is 13.7. The van der Waals surface area contributed by atoms with Crippen molar-refractivity contribution in [2.24, 2.45) is 5.92 Å². The van der Waals surface area contributed by atoms with Crippen LogP contribution in [0, 0.1) is 11.7 Å². The van der Waals surface area contributed by atoms with Crippen LogP contribution in [0.3, 0.4) is 0 Å². The lowest BCUT2D eigenvalue weighted by Crippen LogP contribution is -2.47. The summed E-state index contributed by atoms with van der Waals surface area (Å²) < 4.78 is 19.5. The molecule has 148 valence electrons. The number of carbonyl (C=O) groups excluding carboxylic acids is 1. The first-order valence-electron chi connectivity index (χ1n) is 10.1. The van der Waals surface area contributed by atoms with Gasteiger partial charge >= 0.3 is 0 Å². The Kier molecular flexibility index (Phi) is 5.51. The zero-order chi connectivity index (χ0) is 19.5. The lowest BCUT2D eigenvalue weighted by atomic mass is 9.98. The highest BCUT2D eigenvalue weighted by Crippen LogP contribution is 2.36. The molecule has 2 heterocycles. The molecule has 4 rings (SSSR count). The first-order valence-corrected chi connectivity index (χ1v) is 10.1. The zero-order valence-corrected chi connectivity index (χ0v) is 16.3. The standard InChI is InChI=1S/C23H27FN2O2/c1-17-9-11-25(12-10-17)23(27)14-20-16-28-22-13-19(24)7-8-21(22)26(20)15-18-5-3-2-4-6-18/h2-8,13,17,20H,9-12,14-16H2,1H3. The number of benzene rings is 2. The van der Waals surface area contributed by atoms with Gasteiger partial charge in [0.1, 0.15) is 18.2 Å². The van der Waals surface area contributed by atoms with Crippen LogP contribution in [-0.2, 0) is 11.3 Å². The number of ether oxygens (including phenoxy) is 1. The molecule has 1 saturated heterocycles. The lowest BCUT2D eigenvalue weighted by Gasteiger charge is -2.40. The summed E-state index contributed by atoms with van der Waals surface area (Å²) in [6.07, 6.45) is 2.56. The van der Waals surface area contributed by atoms with Crippen LogP contribution in [0.2, 0.25) is 0 Å². The average Bonchev–Trinajstić information content (AvgIpc) is 2.71. The maximum Gasteiger partial charge on any atom is 0.224 e. The van der Waals surface area contributed by atoms with Crippen LogP contribution >= 0.6 is 0 Å². The van der Waals surface area contributed by atoms with Crippen molar-refractivity contribution < 1.29 is 13.9 Å². The monoisotopic (exact) mass is 382 g/mol. The number of halogens is 1. The third-order valence-electron chi connectivity index (χ3n) is 5.85. The number of nitrogens with zero attached hydrogens (tertiary/aromatic N) is 2. The molecule has 28 heavy (non-hydrogen) atoms.